The van der Waals surface area contributed by atoms with E-state index in [9.17, 15) is 26.0 Å². The molecule has 0 aliphatic carbocycles. The molecule has 3 heterocycles. The third-order valence-electron chi connectivity index (χ3n) is 8.58. The zero-order valence-electron chi connectivity index (χ0n) is 28.2. The smallest absolute Gasteiger partial charge is 0.393 e. The number of alkyl halides is 3. The number of pyridine rings is 1. The largest absolute Gasteiger partial charge is 0.487 e. The van der Waals surface area contributed by atoms with Crippen molar-refractivity contribution >= 4 is 66.6 Å². The number of nitrogens with one attached hydrogen (secondary N) is 1. The van der Waals surface area contributed by atoms with Crippen molar-refractivity contribution in [1.29, 1.82) is 0 Å². The lowest BCUT2D eigenvalue weighted by Gasteiger charge is -2.24. The Kier molecular flexibility index (Phi) is 11.5. The second kappa shape index (κ2) is 15.7. The number of hydrogen-bond acceptors (Lipinski definition) is 7. The Bertz CT molecular complexity index is 2180. The number of fused-ring (bicyclic) bond motifs is 1. The SMILES string of the molecule is CCN(c1ccc(F)cc1CNc1nc(-c2cc(Cl)c(OCc3ccccc3)cc2CC(F)(F)F)cc2c1c(I)nn2C1CCCCO1)S(C)(=O)=O. The van der Waals surface area contributed by atoms with Crippen LogP contribution in [0.2, 0.25) is 5.02 Å². The summed E-state index contributed by atoms with van der Waals surface area (Å²) in [7, 11) is -3.70. The molecule has 1 unspecified atom stereocenters. The second-order valence-electron chi connectivity index (χ2n) is 12.4. The Morgan fingerprint density at radius 2 is 1.87 bits per heavy atom. The topological polar surface area (TPSA) is 98.6 Å². The van der Waals surface area contributed by atoms with Crippen LogP contribution in [0.25, 0.3) is 22.2 Å². The van der Waals surface area contributed by atoms with Gasteiger partial charge in [0.2, 0.25) is 10.0 Å². The first-order chi connectivity index (χ1) is 24.7. The van der Waals surface area contributed by atoms with Crippen molar-refractivity contribution in [2.45, 2.75) is 58.2 Å². The molecule has 1 N–H and O–H groups in total. The summed E-state index contributed by atoms with van der Waals surface area (Å²) < 4.78 is 97.5. The summed E-state index contributed by atoms with van der Waals surface area (Å²) in [6, 6.07) is 17.4. The molecule has 1 fully saturated rings. The molecule has 1 aliphatic heterocycles. The van der Waals surface area contributed by atoms with Gasteiger partial charge in [0.1, 0.15) is 27.7 Å². The van der Waals surface area contributed by atoms with Gasteiger partial charge in [-0.05, 0) is 102 Å². The molecule has 0 bridgehead atoms. The number of halogens is 6. The Morgan fingerprint density at radius 3 is 2.54 bits per heavy atom. The predicted octanol–water partition coefficient (Wildman–Crippen LogP) is 9.28. The molecule has 1 atom stereocenters. The van der Waals surface area contributed by atoms with Gasteiger partial charge in [0.15, 0.2) is 6.23 Å². The minimum Gasteiger partial charge on any atom is -0.487 e. The molecule has 0 saturated carbocycles. The Hall–Kier alpha value is -3.67. The average molecular weight is 872 g/mol. The lowest BCUT2D eigenvalue weighted by atomic mass is 9.99. The average Bonchev–Trinajstić information content (AvgIpc) is 3.44. The van der Waals surface area contributed by atoms with Gasteiger partial charge in [-0.25, -0.2) is 22.5 Å². The number of anilines is 2. The van der Waals surface area contributed by atoms with Gasteiger partial charge in [-0.1, -0.05) is 41.9 Å². The molecular weight excluding hydrogens is 837 g/mol. The highest BCUT2D eigenvalue weighted by Crippen LogP contribution is 2.40. The summed E-state index contributed by atoms with van der Waals surface area (Å²) in [6.07, 6.45) is -2.74. The fraction of sp³-hybridized carbons (Fsp3) is 0.333. The van der Waals surface area contributed by atoms with Crippen LogP contribution < -0.4 is 14.4 Å². The van der Waals surface area contributed by atoms with E-state index in [0.29, 0.717) is 33.2 Å². The molecule has 9 nitrogen and oxygen atoms in total. The van der Waals surface area contributed by atoms with E-state index in [-0.39, 0.29) is 58.8 Å². The van der Waals surface area contributed by atoms with Crippen molar-refractivity contribution in [2.24, 2.45) is 0 Å². The van der Waals surface area contributed by atoms with Crippen molar-refractivity contribution in [3.8, 4) is 17.0 Å². The highest BCUT2D eigenvalue weighted by Gasteiger charge is 2.31. The molecule has 52 heavy (non-hydrogen) atoms. The van der Waals surface area contributed by atoms with Crippen molar-refractivity contribution in [3.63, 3.8) is 0 Å². The van der Waals surface area contributed by atoms with E-state index in [2.05, 4.69) is 27.9 Å². The van der Waals surface area contributed by atoms with Gasteiger partial charge in [0.25, 0.3) is 0 Å². The molecule has 0 spiro atoms. The predicted molar refractivity (Wildman–Crippen MR) is 202 cm³/mol. The monoisotopic (exact) mass is 871 g/mol. The molecule has 0 amide bonds. The number of hydrogen-bond donors (Lipinski definition) is 1. The summed E-state index contributed by atoms with van der Waals surface area (Å²) in [4.78, 5) is 4.82. The first-order valence-electron chi connectivity index (χ1n) is 16.5. The van der Waals surface area contributed by atoms with E-state index in [1.54, 1.807) is 17.7 Å². The van der Waals surface area contributed by atoms with E-state index in [1.807, 2.05) is 30.3 Å². The van der Waals surface area contributed by atoms with Gasteiger partial charge in [-0.15, -0.1) is 0 Å². The van der Waals surface area contributed by atoms with Crippen LogP contribution in [-0.2, 0) is 34.3 Å². The summed E-state index contributed by atoms with van der Waals surface area (Å²) in [5, 5.41) is 8.65. The van der Waals surface area contributed by atoms with Crippen LogP contribution in [0.15, 0.2) is 66.7 Å². The van der Waals surface area contributed by atoms with Gasteiger partial charge >= 0.3 is 6.18 Å². The van der Waals surface area contributed by atoms with E-state index in [4.69, 9.17) is 31.2 Å². The van der Waals surface area contributed by atoms with E-state index in [0.717, 1.165) is 29.0 Å². The van der Waals surface area contributed by atoms with E-state index < -0.39 is 34.7 Å². The quantitative estimate of drug-likeness (QED) is 0.0987. The van der Waals surface area contributed by atoms with Gasteiger partial charge in [0, 0.05) is 25.3 Å². The minimum absolute atomic E-state index is 0.0751. The van der Waals surface area contributed by atoms with Crippen LogP contribution in [0, 0.1) is 9.52 Å². The van der Waals surface area contributed by atoms with Gasteiger partial charge in [-0.3, -0.25) is 4.31 Å². The zero-order valence-corrected chi connectivity index (χ0v) is 31.9. The van der Waals surface area contributed by atoms with Crippen molar-refractivity contribution < 1.29 is 35.5 Å². The number of sulfonamides is 1. The normalized spacial score (nSPS) is 15.2. The number of ether oxygens (including phenoxy) is 2. The third-order valence-corrected chi connectivity index (χ3v) is 10.9. The van der Waals surface area contributed by atoms with Crippen LogP contribution in [0.4, 0.5) is 29.1 Å². The highest BCUT2D eigenvalue weighted by molar-refractivity contribution is 14.1. The van der Waals surface area contributed by atoms with Crippen LogP contribution in [-0.4, -0.2) is 48.8 Å². The van der Waals surface area contributed by atoms with Crippen LogP contribution in [0.1, 0.15) is 49.1 Å². The molecule has 0 radical (unpaired) electrons. The summed E-state index contributed by atoms with van der Waals surface area (Å²) in [6.45, 7) is 2.32. The number of aromatic nitrogens is 3. The molecule has 6 rings (SSSR count). The van der Waals surface area contributed by atoms with Crippen LogP contribution in [0.5, 0.6) is 5.75 Å². The van der Waals surface area contributed by atoms with Gasteiger partial charge in [0.05, 0.1) is 40.0 Å². The minimum atomic E-state index is -4.57. The molecule has 5 aromatic rings. The Morgan fingerprint density at radius 1 is 1.10 bits per heavy atom. The standard InChI is InChI=1S/C36H35ClF4IN5O4S/c1-3-46(52(2,48)49)29-13-12-25(38)15-24(29)20-43-35-33-30(47(45-34(33)42)32-11-7-8-14-50-32)18-28(44-35)26-17-27(37)31(16-23(26)19-36(39,40)41)51-21-22-9-5-4-6-10-22/h4-6,9-10,12-13,15-18,32H,3,7-8,11,14,19-21H2,1-2H3,(H,43,44). The van der Waals surface area contributed by atoms with Gasteiger partial charge in [-0.2, -0.15) is 18.3 Å². The van der Waals surface area contributed by atoms with Crippen LogP contribution in [0.3, 0.4) is 0 Å². The lowest BCUT2D eigenvalue weighted by Crippen LogP contribution is -2.30. The molecule has 16 heteroatoms. The Labute approximate surface area is 317 Å². The van der Waals surface area contributed by atoms with Crippen LogP contribution >= 0.6 is 34.2 Å². The van der Waals surface area contributed by atoms with E-state index >= 15 is 0 Å². The van der Waals surface area contributed by atoms with Crippen molar-refractivity contribution in [2.75, 3.05) is 29.0 Å². The maximum atomic E-state index is 14.6. The summed E-state index contributed by atoms with van der Waals surface area (Å²) in [5.41, 5.74) is 2.16. The molecule has 3 aromatic carbocycles. The molecule has 2 aromatic heterocycles. The lowest BCUT2D eigenvalue weighted by molar-refractivity contribution is -0.127. The maximum Gasteiger partial charge on any atom is 0.393 e. The van der Waals surface area contributed by atoms with Crippen molar-refractivity contribution in [1.82, 2.24) is 14.8 Å². The number of nitrogens with zero attached hydrogens (tertiary/aromatic N) is 4. The molecule has 1 saturated heterocycles. The first-order valence-corrected chi connectivity index (χ1v) is 19.8. The summed E-state index contributed by atoms with van der Waals surface area (Å²) in [5.74, 6) is -0.238. The fourth-order valence-corrected chi connectivity index (χ4v) is 8.25. The third kappa shape index (κ3) is 8.75. The molecule has 276 valence electrons. The van der Waals surface area contributed by atoms with E-state index in [1.165, 1.54) is 30.3 Å². The highest BCUT2D eigenvalue weighted by atomic mass is 127. The number of benzene rings is 3. The zero-order chi connectivity index (χ0) is 37.2. The summed E-state index contributed by atoms with van der Waals surface area (Å²) >= 11 is 8.75. The molecule has 1 aliphatic rings. The second-order valence-corrected chi connectivity index (χ2v) is 15.7. The number of rotatable bonds is 12. The van der Waals surface area contributed by atoms with Crippen molar-refractivity contribution in [3.05, 3.63) is 98.0 Å². The molecular formula is C36H35ClF4IN5O4S. The maximum absolute atomic E-state index is 14.6. The Balaban J connectivity index is 1.48. The fourth-order valence-electron chi connectivity index (χ4n) is 6.26. The van der Waals surface area contributed by atoms with Gasteiger partial charge < -0.3 is 14.8 Å². The first kappa shape index (κ1) is 38.1.